The van der Waals surface area contributed by atoms with Gasteiger partial charge in [0.25, 0.3) is 0 Å². The van der Waals surface area contributed by atoms with Gasteiger partial charge in [-0.3, -0.25) is 14.4 Å². The van der Waals surface area contributed by atoms with Gasteiger partial charge in [0.2, 0.25) is 11.8 Å². The monoisotopic (exact) mass is 580 g/mol. The topological polar surface area (TPSA) is 140 Å². The van der Waals surface area contributed by atoms with Crippen LogP contribution in [0.4, 0.5) is 0 Å². The van der Waals surface area contributed by atoms with Gasteiger partial charge >= 0.3 is 11.9 Å². The number of methoxy groups -OCH3 is 1. The van der Waals surface area contributed by atoms with E-state index in [0.29, 0.717) is 16.3 Å². The second-order valence-electron chi connectivity index (χ2n) is 11.1. The minimum absolute atomic E-state index is 0.0169. The molecule has 1 heterocycles. The average Bonchev–Trinajstić information content (AvgIpc) is 2.89. The number of amides is 2. The van der Waals surface area contributed by atoms with E-state index in [1.165, 1.54) is 19.3 Å². The van der Waals surface area contributed by atoms with Crippen molar-refractivity contribution in [3.63, 3.8) is 0 Å². The van der Waals surface area contributed by atoms with Gasteiger partial charge in [-0.1, -0.05) is 44.5 Å². The van der Waals surface area contributed by atoms with Crippen molar-refractivity contribution < 1.29 is 38.5 Å². The van der Waals surface area contributed by atoms with E-state index < -0.39 is 53.3 Å². The number of carbonyl (C=O) groups excluding carboxylic acids is 4. The number of nitrogens with one attached hydrogen (secondary N) is 2. The van der Waals surface area contributed by atoms with E-state index in [2.05, 4.69) is 10.6 Å². The zero-order chi connectivity index (χ0) is 30.0. The molecule has 222 valence electrons. The highest BCUT2D eigenvalue weighted by Crippen LogP contribution is 2.26. The van der Waals surface area contributed by atoms with Crippen molar-refractivity contribution in [2.45, 2.75) is 72.1 Å². The van der Waals surface area contributed by atoms with E-state index in [0.717, 1.165) is 0 Å². The summed E-state index contributed by atoms with van der Waals surface area (Å²) in [6.07, 6.45) is 1.32. The van der Waals surface area contributed by atoms with Gasteiger partial charge in [-0.25, -0.2) is 4.79 Å². The summed E-state index contributed by atoms with van der Waals surface area (Å²) < 4.78 is 16.5. The minimum Gasteiger partial charge on any atom is -0.495 e. The number of ether oxygens (including phenoxy) is 3. The molecule has 0 radical (unpaired) electrons. The fourth-order valence-corrected chi connectivity index (χ4v) is 4.24. The molecule has 0 saturated heterocycles. The predicted octanol–water partition coefficient (Wildman–Crippen LogP) is 2.98. The van der Waals surface area contributed by atoms with Crippen LogP contribution in [0.3, 0.4) is 0 Å². The maximum Gasteiger partial charge on any atom is 0.347 e. The summed E-state index contributed by atoms with van der Waals surface area (Å²) >= 11 is 6.25. The van der Waals surface area contributed by atoms with E-state index in [-0.39, 0.29) is 38.3 Å². The maximum absolute atomic E-state index is 13.2. The van der Waals surface area contributed by atoms with Crippen LogP contribution in [0.15, 0.2) is 30.4 Å². The number of rotatable bonds is 7. The number of hydrogen-bond donors (Lipinski definition) is 3. The average molecular weight is 581 g/mol. The van der Waals surface area contributed by atoms with Crippen molar-refractivity contribution >= 4 is 35.4 Å². The normalized spacial score (nSPS) is 23.6. The van der Waals surface area contributed by atoms with E-state index in [1.54, 1.807) is 39.0 Å². The van der Waals surface area contributed by atoms with E-state index in [1.807, 2.05) is 13.8 Å². The molecule has 0 saturated carbocycles. The second-order valence-corrected chi connectivity index (χ2v) is 11.5. The Balaban J connectivity index is 2.40. The number of esters is 2. The van der Waals surface area contributed by atoms with E-state index in [4.69, 9.17) is 25.8 Å². The Morgan fingerprint density at radius 2 is 1.85 bits per heavy atom. The SMILES string of the molecule is COc1ccc(C[C@H]2NC(=O)C=CCC([C@H](C)CO)OC(=O)[C@H](CC(C)C)OC(=O)C(C)(C)CNC2=O)cc1Cl. The van der Waals surface area contributed by atoms with Crippen LogP contribution in [-0.2, 0) is 35.1 Å². The molecule has 10 nitrogen and oxygen atoms in total. The highest BCUT2D eigenvalue weighted by Gasteiger charge is 2.37. The molecular formula is C29H41ClN2O8. The third kappa shape index (κ3) is 9.82. The first-order chi connectivity index (χ1) is 18.8. The molecule has 0 bridgehead atoms. The first-order valence-electron chi connectivity index (χ1n) is 13.4. The second kappa shape index (κ2) is 15.0. The summed E-state index contributed by atoms with van der Waals surface area (Å²) in [5.74, 6) is -2.41. The van der Waals surface area contributed by atoms with Crippen LogP contribution in [-0.4, -0.2) is 67.4 Å². The Morgan fingerprint density at radius 3 is 2.45 bits per heavy atom. The van der Waals surface area contributed by atoms with E-state index in [9.17, 15) is 24.3 Å². The van der Waals surface area contributed by atoms with Gasteiger partial charge in [0, 0.05) is 31.9 Å². The molecule has 0 spiro atoms. The fourth-order valence-electron chi connectivity index (χ4n) is 3.96. The molecule has 1 aromatic rings. The zero-order valence-electron chi connectivity index (χ0n) is 24.0. The van der Waals surface area contributed by atoms with Crippen LogP contribution in [0.25, 0.3) is 0 Å². The molecule has 0 fully saturated rings. The van der Waals surface area contributed by atoms with Crippen LogP contribution >= 0.6 is 11.6 Å². The van der Waals surface area contributed by atoms with Gasteiger partial charge in [-0.2, -0.15) is 0 Å². The lowest BCUT2D eigenvalue weighted by molar-refractivity contribution is -0.179. The summed E-state index contributed by atoms with van der Waals surface area (Å²) in [5, 5.41) is 15.5. The summed E-state index contributed by atoms with van der Waals surface area (Å²) in [7, 11) is 1.49. The third-order valence-electron chi connectivity index (χ3n) is 6.57. The van der Waals surface area contributed by atoms with Crippen molar-refractivity contribution in [2.24, 2.45) is 17.3 Å². The predicted molar refractivity (Wildman–Crippen MR) is 150 cm³/mol. The van der Waals surface area contributed by atoms with Crippen molar-refractivity contribution in [2.75, 3.05) is 20.3 Å². The molecule has 0 aromatic heterocycles. The largest absolute Gasteiger partial charge is 0.495 e. The molecule has 3 N–H and O–H groups in total. The first-order valence-corrected chi connectivity index (χ1v) is 13.7. The number of halogens is 1. The van der Waals surface area contributed by atoms with Crippen molar-refractivity contribution in [1.82, 2.24) is 10.6 Å². The quantitative estimate of drug-likeness (QED) is 0.418. The number of aliphatic hydroxyl groups excluding tert-OH is 1. The van der Waals surface area contributed by atoms with Crippen LogP contribution < -0.4 is 15.4 Å². The maximum atomic E-state index is 13.2. The van der Waals surface area contributed by atoms with Gasteiger partial charge in [-0.05, 0) is 50.0 Å². The van der Waals surface area contributed by atoms with Gasteiger partial charge in [0.05, 0.1) is 17.5 Å². The summed E-state index contributed by atoms with van der Waals surface area (Å²) in [4.78, 5) is 52.2. The van der Waals surface area contributed by atoms with Crippen molar-refractivity contribution in [3.8, 4) is 5.75 Å². The molecular weight excluding hydrogens is 540 g/mol. The fraction of sp³-hybridized carbons (Fsp3) is 0.586. The van der Waals surface area contributed by atoms with Gasteiger partial charge < -0.3 is 30.0 Å². The smallest absolute Gasteiger partial charge is 0.347 e. The zero-order valence-corrected chi connectivity index (χ0v) is 24.7. The molecule has 1 aromatic carbocycles. The lowest BCUT2D eigenvalue weighted by Crippen LogP contribution is -2.51. The van der Waals surface area contributed by atoms with Crippen LogP contribution in [0.5, 0.6) is 5.75 Å². The third-order valence-corrected chi connectivity index (χ3v) is 6.87. The Labute approximate surface area is 240 Å². The molecule has 4 atom stereocenters. The van der Waals surface area contributed by atoms with Crippen molar-refractivity contribution in [1.29, 1.82) is 0 Å². The Kier molecular flexibility index (Phi) is 12.4. The molecule has 40 heavy (non-hydrogen) atoms. The Bertz CT molecular complexity index is 1090. The molecule has 2 amide bonds. The van der Waals surface area contributed by atoms with Crippen molar-refractivity contribution in [3.05, 3.63) is 40.9 Å². The lowest BCUT2D eigenvalue weighted by Gasteiger charge is -2.29. The Hall–Kier alpha value is -3.11. The number of benzene rings is 1. The molecule has 1 aliphatic heterocycles. The first kappa shape index (κ1) is 33.1. The molecule has 11 heteroatoms. The molecule has 0 aliphatic carbocycles. The van der Waals surface area contributed by atoms with Gasteiger partial charge in [-0.15, -0.1) is 0 Å². The highest BCUT2D eigenvalue weighted by molar-refractivity contribution is 6.32. The summed E-state index contributed by atoms with van der Waals surface area (Å²) in [6, 6.07) is 4.08. The minimum atomic E-state index is -1.20. The molecule has 2 rings (SSSR count). The lowest BCUT2D eigenvalue weighted by atomic mass is 9.93. The molecule has 1 aliphatic rings. The van der Waals surface area contributed by atoms with Crippen LogP contribution in [0, 0.1) is 17.3 Å². The van der Waals surface area contributed by atoms with Crippen LogP contribution in [0.1, 0.15) is 53.0 Å². The van der Waals surface area contributed by atoms with Crippen LogP contribution in [0.2, 0.25) is 5.02 Å². The number of cyclic esters (lactones) is 2. The number of aliphatic hydroxyl groups is 1. The summed E-state index contributed by atoms with van der Waals surface area (Å²) in [5.41, 5.74) is -0.513. The Morgan fingerprint density at radius 1 is 1.15 bits per heavy atom. The summed E-state index contributed by atoms with van der Waals surface area (Å²) in [6.45, 7) is 8.29. The van der Waals surface area contributed by atoms with Gasteiger partial charge in [0.1, 0.15) is 17.9 Å². The van der Waals surface area contributed by atoms with E-state index >= 15 is 0 Å². The molecule has 1 unspecified atom stereocenters. The number of carbonyl (C=O) groups is 4. The standard InChI is InChI=1S/C29H41ClN2O8/c1-17(2)12-24-27(36)39-22(18(3)15-33)8-7-9-25(34)32-21(14-19-10-11-23(38-6)20(30)13-19)26(35)31-16-29(4,5)28(37)40-24/h7,9-11,13,17-18,21-22,24,33H,8,12,14-16H2,1-6H3,(H,31,35)(H,32,34)/t18-,21-,22?,24+/m1/s1. The number of hydrogen-bond acceptors (Lipinski definition) is 8. The highest BCUT2D eigenvalue weighted by atomic mass is 35.5. The van der Waals surface area contributed by atoms with Gasteiger partial charge in [0.15, 0.2) is 6.10 Å².